The van der Waals surface area contributed by atoms with E-state index >= 15 is 0 Å². The van der Waals surface area contributed by atoms with Gasteiger partial charge in [-0.25, -0.2) is 9.37 Å². The third-order valence-electron chi connectivity index (χ3n) is 9.41. The van der Waals surface area contributed by atoms with Crippen molar-refractivity contribution < 1.29 is 40.3 Å². The molecule has 3 heterocycles. The van der Waals surface area contributed by atoms with Crippen molar-refractivity contribution in [2.24, 2.45) is 0 Å². The molecule has 6 nitrogen and oxygen atoms in total. The molecular weight excluding hydrogens is 617 g/mol. The van der Waals surface area contributed by atoms with E-state index in [2.05, 4.69) is 9.88 Å². The van der Waals surface area contributed by atoms with Crippen LogP contribution in [0.5, 0.6) is 0 Å². The average molecular weight is 649 g/mol. The van der Waals surface area contributed by atoms with Crippen LogP contribution in [0, 0.1) is 12.7 Å². The lowest BCUT2D eigenvalue weighted by atomic mass is 9.90. The van der Waals surface area contributed by atoms with Crippen LogP contribution in [0.2, 0.25) is 0 Å². The molecule has 2 saturated heterocycles. The fourth-order valence-electron chi connectivity index (χ4n) is 6.74. The summed E-state index contributed by atoms with van der Waals surface area (Å²) in [5.74, 6) is -0.986. The van der Waals surface area contributed by atoms with Gasteiger partial charge in [0, 0.05) is 38.2 Å². The average Bonchev–Trinajstić information content (AvgIpc) is 3.72. The van der Waals surface area contributed by atoms with E-state index in [4.69, 9.17) is 0 Å². The van der Waals surface area contributed by atoms with Crippen molar-refractivity contribution in [3.8, 4) is 11.1 Å². The Kier molecular flexibility index (Phi) is 7.89. The molecule has 2 aliphatic heterocycles. The fraction of sp³-hybridized carbons (Fsp3) is 0.424. The highest BCUT2D eigenvalue weighted by Gasteiger charge is 2.54. The van der Waals surface area contributed by atoms with Crippen molar-refractivity contribution >= 4 is 23.3 Å². The maximum atomic E-state index is 14.1. The highest BCUT2D eigenvalue weighted by molar-refractivity contribution is 6.06. The standard InChI is InChI=1S/C33H31F7N4O2/c1-19-12-23(34)5-6-25(19)26-17-28(44-11-10-43-9-3-4-24(43)16-29(44)45)41-18-27(26)42(2)30(46)31(7-8-31)20-13-21(32(35,36)37)15-22(14-20)33(38,39)40/h5-6,12-15,17-18,24H,3-4,7-11,16H2,1-2H3. The van der Waals surface area contributed by atoms with Crippen molar-refractivity contribution in [2.75, 3.05) is 36.5 Å². The normalized spacial score (nSPS) is 20.0. The van der Waals surface area contributed by atoms with Gasteiger partial charge in [0.15, 0.2) is 0 Å². The number of hydrogen-bond donors (Lipinski definition) is 0. The number of likely N-dealkylation sites (N-methyl/N-ethyl adjacent to an activating group) is 1. The highest BCUT2D eigenvalue weighted by atomic mass is 19.4. The first-order chi connectivity index (χ1) is 21.6. The summed E-state index contributed by atoms with van der Waals surface area (Å²) in [6.45, 7) is 3.61. The van der Waals surface area contributed by atoms with Crippen LogP contribution in [0.25, 0.3) is 11.1 Å². The molecule has 1 aliphatic carbocycles. The van der Waals surface area contributed by atoms with Crippen molar-refractivity contribution in [1.82, 2.24) is 9.88 Å². The topological polar surface area (TPSA) is 56.8 Å². The van der Waals surface area contributed by atoms with Gasteiger partial charge in [-0.2, -0.15) is 26.3 Å². The maximum Gasteiger partial charge on any atom is 0.416 e. The number of pyridine rings is 1. The van der Waals surface area contributed by atoms with Gasteiger partial charge in [-0.05, 0) is 92.2 Å². The number of carbonyl (C=O) groups excluding carboxylic acids is 2. The zero-order chi connectivity index (χ0) is 33.2. The van der Waals surface area contributed by atoms with Crippen molar-refractivity contribution in [2.45, 2.75) is 62.8 Å². The Hall–Kier alpha value is -4.00. The largest absolute Gasteiger partial charge is 0.416 e. The summed E-state index contributed by atoms with van der Waals surface area (Å²) in [7, 11) is 1.38. The number of rotatable bonds is 5. The zero-order valence-electron chi connectivity index (χ0n) is 25.1. The number of benzene rings is 2. The third kappa shape index (κ3) is 5.85. The van der Waals surface area contributed by atoms with Gasteiger partial charge in [0.25, 0.3) is 0 Å². The van der Waals surface area contributed by atoms with Gasteiger partial charge in [0.1, 0.15) is 11.6 Å². The van der Waals surface area contributed by atoms with E-state index in [0.717, 1.165) is 19.4 Å². The lowest BCUT2D eigenvalue weighted by Gasteiger charge is -2.28. The number of alkyl halides is 6. The van der Waals surface area contributed by atoms with E-state index in [0.29, 0.717) is 54.2 Å². The van der Waals surface area contributed by atoms with E-state index in [1.165, 1.54) is 36.3 Å². The summed E-state index contributed by atoms with van der Waals surface area (Å²) in [4.78, 5) is 36.9. The second kappa shape index (κ2) is 11.4. The number of carbonyl (C=O) groups is 2. The molecule has 0 bridgehead atoms. The number of hydrogen-bond acceptors (Lipinski definition) is 4. The summed E-state index contributed by atoms with van der Waals surface area (Å²) in [5.41, 5.74) is -3.32. The van der Waals surface area contributed by atoms with E-state index < -0.39 is 40.6 Å². The molecule has 46 heavy (non-hydrogen) atoms. The molecule has 0 spiro atoms. The van der Waals surface area contributed by atoms with Crippen LogP contribution in [0.15, 0.2) is 48.7 Å². The molecule has 3 fully saturated rings. The molecule has 1 atom stereocenters. The predicted molar refractivity (Wildman–Crippen MR) is 157 cm³/mol. The van der Waals surface area contributed by atoms with E-state index in [1.54, 1.807) is 17.9 Å². The van der Waals surface area contributed by atoms with Crippen LogP contribution in [0.4, 0.5) is 42.2 Å². The minimum Gasteiger partial charge on any atom is -0.313 e. The zero-order valence-corrected chi connectivity index (χ0v) is 25.1. The Morgan fingerprint density at radius 3 is 2.22 bits per heavy atom. The van der Waals surface area contributed by atoms with E-state index in [-0.39, 0.29) is 42.1 Å². The molecule has 1 unspecified atom stereocenters. The van der Waals surface area contributed by atoms with Crippen molar-refractivity contribution in [3.63, 3.8) is 0 Å². The van der Waals surface area contributed by atoms with Crippen LogP contribution in [0.1, 0.15) is 54.4 Å². The van der Waals surface area contributed by atoms with Gasteiger partial charge in [0.2, 0.25) is 11.8 Å². The number of nitrogens with zero attached hydrogens (tertiary/aromatic N) is 4. The Morgan fingerprint density at radius 1 is 0.935 bits per heavy atom. The lowest BCUT2D eigenvalue weighted by Crippen LogP contribution is -2.37. The SMILES string of the molecule is Cc1cc(F)ccc1-c1cc(N2CCN3CCCC3CC2=O)ncc1N(C)C(=O)C1(c2cc(C(F)(F)F)cc(C(F)(F)F)c2)CC1. The van der Waals surface area contributed by atoms with Crippen LogP contribution in [-0.2, 0) is 27.4 Å². The Labute approximate surface area is 260 Å². The smallest absolute Gasteiger partial charge is 0.313 e. The number of halogens is 7. The number of amides is 2. The molecule has 6 rings (SSSR count). The van der Waals surface area contributed by atoms with E-state index in [9.17, 15) is 40.3 Å². The molecule has 2 amide bonds. The van der Waals surface area contributed by atoms with Crippen LogP contribution in [0.3, 0.4) is 0 Å². The highest BCUT2D eigenvalue weighted by Crippen LogP contribution is 2.52. The summed E-state index contributed by atoms with van der Waals surface area (Å²) >= 11 is 0. The van der Waals surface area contributed by atoms with Gasteiger partial charge in [-0.3, -0.25) is 19.4 Å². The number of anilines is 2. The first-order valence-electron chi connectivity index (χ1n) is 15.0. The summed E-state index contributed by atoms with van der Waals surface area (Å²) in [5, 5.41) is 0. The Bertz CT molecular complexity index is 1670. The quantitative estimate of drug-likeness (QED) is 0.277. The second-order valence-corrected chi connectivity index (χ2v) is 12.3. The molecule has 13 heteroatoms. The van der Waals surface area contributed by atoms with Crippen LogP contribution in [-0.4, -0.2) is 54.4 Å². The van der Waals surface area contributed by atoms with Gasteiger partial charge >= 0.3 is 12.4 Å². The molecule has 1 saturated carbocycles. The maximum absolute atomic E-state index is 14.1. The van der Waals surface area contributed by atoms with Crippen LogP contribution >= 0.6 is 0 Å². The van der Waals surface area contributed by atoms with Gasteiger partial charge in [0.05, 0.1) is 28.4 Å². The second-order valence-electron chi connectivity index (χ2n) is 12.3. The summed E-state index contributed by atoms with van der Waals surface area (Å²) in [6.07, 6.45) is -6.38. The first kappa shape index (κ1) is 32.0. The number of aromatic nitrogens is 1. The van der Waals surface area contributed by atoms with Gasteiger partial charge in [-0.1, -0.05) is 6.07 Å². The molecule has 3 aliphatic rings. The summed E-state index contributed by atoms with van der Waals surface area (Å²) < 4.78 is 96.1. The molecule has 244 valence electrons. The molecular formula is C33H31F7N4O2. The lowest BCUT2D eigenvalue weighted by molar-refractivity contribution is -0.143. The van der Waals surface area contributed by atoms with E-state index in [1.807, 2.05) is 0 Å². The first-order valence-corrected chi connectivity index (χ1v) is 15.0. The third-order valence-corrected chi connectivity index (χ3v) is 9.41. The molecule has 0 radical (unpaired) electrons. The molecule has 0 N–H and O–H groups in total. The fourth-order valence-corrected chi connectivity index (χ4v) is 6.74. The molecule has 2 aromatic carbocycles. The van der Waals surface area contributed by atoms with Gasteiger partial charge in [-0.15, -0.1) is 0 Å². The van der Waals surface area contributed by atoms with Crippen molar-refractivity contribution in [1.29, 1.82) is 0 Å². The Morgan fingerprint density at radius 2 is 1.61 bits per heavy atom. The number of aryl methyl sites for hydroxylation is 1. The molecule has 3 aromatic rings. The number of fused-ring (bicyclic) bond motifs is 1. The minimum atomic E-state index is -5.06. The predicted octanol–water partition coefficient (Wildman–Crippen LogP) is 7.13. The van der Waals surface area contributed by atoms with Crippen molar-refractivity contribution in [3.05, 3.63) is 76.7 Å². The molecule has 1 aromatic heterocycles. The van der Waals surface area contributed by atoms with Gasteiger partial charge < -0.3 is 4.90 Å². The van der Waals surface area contributed by atoms with Crippen LogP contribution < -0.4 is 9.80 Å². The summed E-state index contributed by atoms with van der Waals surface area (Å²) in [6, 6.07) is 7.09. The monoisotopic (exact) mass is 648 g/mol. The Balaban J connectivity index is 1.41. The minimum absolute atomic E-state index is 0.0418.